The quantitative estimate of drug-likeness (QED) is 0.781. The van der Waals surface area contributed by atoms with Crippen LogP contribution in [0.2, 0.25) is 0 Å². The van der Waals surface area contributed by atoms with E-state index in [1.165, 1.54) is 0 Å². The van der Waals surface area contributed by atoms with E-state index in [9.17, 15) is 5.11 Å². The van der Waals surface area contributed by atoms with Gasteiger partial charge in [0, 0.05) is 19.6 Å². The van der Waals surface area contributed by atoms with Crippen LogP contribution in [0.1, 0.15) is 52.4 Å². The summed E-state index contributed by atoms with van der Waals surface area (Å²) in [6, 6.07) is 0. The average Bonchev–Trinajstić information content (AvgIpc) is 2.86. The Kier molecular flexibility index (Phi) is 3.00. The van der Waals surface area contributed by atoms with Gasteiger partial charge in [0.25, 0.3) is 0 Å². The molecule has 2 aliphatic heterocycles. The van der Waals surface area contributed by atoms with Crippen LogP contribution >= 0.6 is 0 Å². The number of hydrogen-bond acceptors (Lipinski definition) is 3. The maximum Gasteiger partial charge on any atom is 0.0940 e. The molecule has 3 atom stereocenters. The molecule has 104 valence electrons. The smallest absolute Gasteiger partial charge is 0.0940 e. The zero-order valence-electron chi connectivity index (χ0n) is 11.7. The van der Waals surface area contributed by atoms with Gasteiger partial charge in [0.2, 0.25) is 0 Å². The van der Waals surface area contributed by atoms with Gasteiger partial charge < -0.3 is 14.6 Å². The molecule has 18 heavy (non-hydrogen) atoms. The van der Waals surface area contributed by atoms with Crippen molar-refractivity contribution in [2.24, 2.45) is 11.3 Å². The molecule has 0 amide bonds. The third-order valence-electron chi connectivity index (χ3n) is 5.77. The minimum atomic E-state index is -0.494. The van der Waals surface area contributed by atoms with Gasteiger partial charge in [0.15, 0.2) is 0 Å². The van der Waals surface area contributed by atoms with Gasteiger partial charge in [-0.3, -0.25) is 0 Å². The molecule has 3 aliphatic rings. The van der Waals surface area contributed by atoms with E-state index >= 15 is 0 Å². The summed E-state index contributed by atoms with van der Waals surface area (Å²) in [5.74, 6) is 0.380. The first kappa shape index (κ1) is 12.9. The SMILES string of the molecule is CC1(C)CCCC1(O)C1CCOC2(CCOC2)C1. The van der Waals surface area contributed by atoms with E-state index in [2.05, 4.69) is 13.8 Å². The Labute approximate surface area is 110 Å². The topological polar surface area (TPSA) is 38.7 Å². The van der Waals surface area contributed by atoms with Gasteiger partial charge in [-0.25, -0.2) is 0 Å². The molecule has 1 spiro atoms. The van der Waals surface area contributed by atoms with Gasteiger partial charge >= 0.3 is 0 Å². The van der Waals surface area contributed by atoms with Crippen LogP contribution < -0.4 is 0 Å². The number of rotatable bonds is 1. The van der Waals surface area contributed by atoms with E-state index < -0.39 is 5.60 Å². The van der Waals surface area contributed by atoms with E-state index in [1.807, 2.05) is 0 Å². The third kappa shape index (κ3) is 1.83. The van der Waals surface area contributed by atoms with Crippen LogP contribution in [0.4, 0.5) is 0 Å². The third-order valence-corrected chi connectivity index (χ3v) is 5.77. The standard InChI is InChI=1S/C15H26O3/c1-13(2)5-3-6-15(13,16)12-4-8-18-14(10-12)7-9-17-11-14/h12,16H,3-11H2,1-2H3. The molecule has 2 saturated heterocycles. The van der Waals surface area contributed by atoms with Crippen molar-refractivity contribution in [2.45, 2.75) is 63.6 Å². The van der Waals surface area contributed by atoms with E-state index in [-0.39, 0.29) is 11.0 Å². The highest BCUT2D eigenvalue weighted by molar-refractivity contribution is 5.06. The van der Waals surface area contributed by atoms with Gasteiger partial charge in [0.1, 0.15) is 0 Å². The van der Waals surface area contributed by atoms with Crippen molar-refractivity contribution >= 4 is 0 Å². The maximum absolute atomic E-state index is 11.2. The van der Waals surface area contributed by atoms with E-state index in [0.717, 1.165) is 58.3 Å². The van der Waals surface area contributed by atoms with Gasteiger partial charge in [0.05, 0.1) is 17.8 Å². The zero-order chi connectivity index (χ0) is 12.9. The molecule has 3 nitrogen and oxygen atoms in total. The Morgan fingerprint density at radius 3 is 2.56 bits per heavy atom. The summed E-state index contributed by atoms with van der Waals surface area (Å²) in [7, 11) is 0. The second-order valence-corrected chi connectivity index (χ2v) is 7.19. The molecule has 3 unspecified atom stereocenters. The lowest BCUT2D eigenvalue weighted by Crippen LogP contribution is -2.53. The summed E-state index contributed by atoms with van der Waals surface area (Å²) in [6.07, 6.45) is 6.24. The van der Waals surface area contributed by atoms with Crippen LogP contribution in [-0.2, 0) is 9.47 Å². The van der Waals surface area contributed by atoms with Crippen molar-refractivity contribution < 1.29 is 14.6 Å². The summed E-state index contributed by atoms with van der Waals surface area (Å²) >= 11 is 0. The van der Waals surface area contributed by atoms with Crippen LogP contribution in [0.3, 0.4) is 0 Å². The molecule has 1 N–H and O–H groups in total. The van der Waals surface area contributed by atoms with Crippen molar-refractivity contribution in [1.82, 2.24) is 0 Å². The molecular weight excluding hydrogens is 228 g/mol. The molecule has 0 aromatic rings. The van der Waals surface area contributed by atoms with Crippen LogP contribution in [0.5, 0.6) is 0 Å². The monoisotopic (exact) mass is 254 g/mol. The fourth-order valence-electron chi connectivity index (χ4n) is 4.41. The molecule has 2 heterocycles. The van der Waals surface area contributed by atoms with Crippen LogP contribution in [0, 0.1) is 11.3 Å². The van der Waals surface area contributed by atoms with E-state index in [1.54, 1.807) is 0 Å². The lowest BCUT2D eigenvalue weighted by atomic mass is 9.65. The molecule has 0 bridgehead atoms. The van der Waals surface area contributed by atoms with Crippen molar-refractivity contribution in [2.75, 3.05) is 19.8 Å². The Morgan fingerprint density at radius 1 is 1.11 bits per heavy atom. The molecule has 0 aromatic heterocycles. The lowest BCUT2D eigenvalue weighted by molar-refractivity contribution is -0.167. The first-order valence-corrected chi connectivity index (χ1v) is 7.42. The molecular formula is C15H26O3. The first-order chi connectivity index (χ1) is 8.48. The average molecular weight is 254 g/mol. The Balaban J connectivity index is 1.80. The summed E-state index contributed by atoms with van der Waals surface area (Å²) in [4.78, 5) is 0. The van der Waals surface area contributed by atoms with Crippen LogP contribution in [0.15, 0.2) is 0 Å². The van der Waals surface area contributed by atoms with Gasteiger partial charge in [-0.15, -0.1) is 0 Å². The van der Waals surface area contributed by atoms with E-state index in [0.29, 0.717) is 5.92 Å². The fraction of sp³-hybridized carbons (Fsp3) is 1.00. The predicted molar refractivity (Wildman–Crippen MR) is 69.4 cm³/mol. The zero-order valence-corrected chi connectivity index (χ0v) is 11.7. The largest absolute Gasteiger partial charge is 0.389 e. The molecule has 1 aliphatic carbocycles. The minimum absolute atomic E-state index is 0.0512. The van der Waals surface area contributed by atoms with Crippen molar-refractivity contribution in [3.63, 3.8) is 0 Å². The van der Waals surface area contributed by atoms with Crippen molar-refractivity contribution in [3.8, 4) is 0 Å². The Morgan fingerprint density at radius 2 is 1.94 bits per heavy atom. The number of hydrogen-bond donors (Lipinski definition) is 1. The van der Waals surface area contributed by atoms with E-state index in [4.69, 9.17) is 9.47 Å². The maximum atomic E-state index is 11.2. The molecule has 3 fully saturated rings. The van der Waals surface area contributed by atoms with Gasteiger partial charge in [-0.05, 0) is 43.4 Å². The summed E-state index contributed by atoms with van der Waals surface area (Å²) in [5, 5.41) is 11.2. The molecule has 0 radical (unpaired) electrons. The Bertz CT molecular complexity index is 320. The first-order valence-electron chi connectivity index (χ1n) is 7.42. The van der Waals surface area contributed by atoms with Crippen molar-refractivity contribution in [1.29, 1.82) is 0 Å². The van der Waals surface area contributed by atoms with Crippen LogP contribution in [0.25, 0.3) is 0 Å². The highest BCUT2D eigenvalue weighted by atomic mass is 16.6. The lowest BCUT2D eigenvalue weighted by Gasteiger charge is -2.48. The minimum Gasteiger partial charge on any atom is -0.389 e. The Hall–Kier alpha value is -0.120. The summed E-state index contributed by atoms with van der Waals surface area (Å²) in [6.45, 7) is 6.78. The molecule has 3 rings (SSSR count). The van der Waals surface area contributed by atoms with Crippen LogP contribution in [-0.4, -0.2) is 36.1 Å². The van der Waals surface area contributed by atoms with Gasteiger partial charge in [-0.2, -0.15) is 0 Å². The highest BCUT2D eigenvalue weighted by Crippen LogP contribution is 2.54. The molecule has 1 saturated carbocycles. The normalized spacial score (nSPS) is 47.8. The predicted octanol–water partition coefficient (Wildman–Crippen LogP) is 2.51. The number of ether oxygens (including phenoxy) is 2. The number of aliphatic hydroxyl groups is 1. The summed E-state index contributed by atoms with van der Waals surface area (Å²) in [5.41, 5.74) is -0.528. The fourth-order valence-corrected chi connectivity index (χ4v) is 4.41. The van der Waals surface area contributed by atoms with Crippen molar-refractivity contribution in [3.05, 3.63) is 0 Å². The second kappa shape index (κ2) is 4.19. The summed E-state index contributed by atoms with van der Waals surface area (Å²) < 4.78 is 11.5. The molecule has 3 heteroatoms. The highest BCUT2D eigenvalue weighted by Gasteiger charge is 2.55. The second-order valence-electron chi connectivity index (χ2n) is 7.19. The van der Waals surface area contributed by atoms with Gasteiger partial charge in [-0.1, -0.05) is 13.8 Å². The molecule has 0 aromatic carbocycles.